The highest BCUT2D eigenvalue weighted by Crippen LogP contribution is 2.32. The number of hydrogen-bond acceptors (Lipinski definition) is 4. The molecule has 2 aromatic carbocycles. The van der Waals surface area contributed by atoms with Crippen LogP contribution in [0.1, 0.15) is 56.2 Å². The Kier molecular flexibility index (Phi) is 8.12. The maximum absolute atomic E-state index is 12.3. The number of amides is 1. The Morgan fingerprint density at radius 2 is 1.62 bits per heavy atom. The number of oxime groups is 1. The first kappa shape index (κ1) is 22.3. The second-order valence-corrected chi connectivity index (χ2v) is 7.12. The van der Waals surface area contributed by atoms with E-state index >= 15 is 0 Å². The summed E-state index contributed by atoms with van der Waals surface area (Å²) in [7, 11) is 0. The zero-order valence-electron chi connectivity index (χ0n) is 17.0. The predicted octanol–water partition coefficient (Wildman–Crippen LogP) is 5.52. The predicted molar refractivity (Wildman–Crippen MR) is 110 cm³/mol. The molecule has 0 aliphatic heterocycles. The summed E-state index contributed by atoms with van der Waals surface area (Å²) < 4.78 is 28.5. The van der Waals surface area contributed by atoms with Crippen LogP contribution in [0.2, 0.25) is 0 Å². The molecule has 0 radical (unpaired) electrons. The number of alkyl halides is 2. The summed E-state index contributed by atoms with van der Waals surface area (Å²) in [4.78, 5) is 17.4. The maximum atomic E-state index is 12.3. The van der Waals surface area contributed by atoms with E-state index in [1.54, 1.807) is 12.1 Å². The zero-order chi connectivity index (χ0) is 21.4. The molecule has 0 heterocycles. The van der Waals surface area contributed by atoms with Gasteiger partial charge < -0.3 is 14.9 Å². The number of hydrogen-bond donors (Lipinski definition) is 1. The number of ether oxygens (including phenoxy) is 1. The van der Waals surface area contributed by atoms with Crippen molar-refractivity contribution in [2.75, 3.05) is 11.9 Å². The molecule has 156 valence electrons. The van der Waals surface area contributed by atoms with Gasteiger partial charge in [0.15, 0.2) is 6.61 Å². The molecular formula is C22H26F2N2O3. The monoisotopic (exact) mass is 404 g/mol. The van der Waals surface area contributed by atoms with Crippen LogP contribution in [-0.4, -0.2) is 25.3 Å². The standard InChI is InChI=1S/C22H26F2N2O3/c1-14(2)18-6-5-7-19(15(3)4)21(18)26-20(27)13-28-25-12-16-8-10-17(11-9-16)29-22(23)24/h5-12,14-15,22H,13H2,1-4H3,(H,26,27)/b25-12-. The molecule has 0 spiro atoms. The van der Waals surface area contributed by atoms with Crippen molar-refractivity contribution in [1.29, 1.82) is 0 Å². The third kappa shape index (κ3) is 6.85. The molecule has 2 rings (SSSR count). The molecule has 0 aliphatic rings. The Morgan fingerprint density at radius 3 is 2.14 bits per heavy atom. The summed E-state index contributed by atoms with van der Waals surface area (Å²) in [5, 5.41) is 6.69. The molecule has 0 saturated carbocycles. The highest BCUT2D eigenvalue weighted by atomic mass is 19.3. The van der Waals surface area contributed by atoms with Gasteiger partial charge in [0.05, 0.1) is 6.21 Å². The van der Waals surface area contributed by atoms with E-state index in [2.05, 4.69) is 42.9 Å². The summed E-state index contributed by atoms with van der Waals surface area (Å²) in [6.07, 6.45) is 1.39. The van der Waals surface area contributed by atoms with Crippen molar-refractivity contribution in [2.24, 2.45) is 5.16 Å². The van der Waals surface area contributed by atoms with Crippen LogP contribution in [0.3, 0.4) is 0 Å². The van der Waals surface area contributed by atoms with Crippen LogP contribution >= 0.6 is 0 Å². The number of benzene rings is 2. The molecule has 29 heavy (non-hydrogen) atoms. The molecule has 0 unspecified atom stereocenters. The number of halogens is 2. The number of nitrogens with zero attached hydrogens (tertiary/aromatic N) is 1. The van der Waals surface area contributed by atoms with Gasteiger partial charge in [0.1, 0.15) is 5.75 Å². The van der Waals surface area contributed by atoms with E-state index in [1.165, 1.54) is 18.3 Å². The highest BCUT2D eigenvalue weighted by molar-refractivity contribution is 5.93. The molecule has 7 heteroatoms. The van der Waals surface area contributed by atoms with E-state index in [1.807, 2.05) is 18.2 Å². The van der Waals surface area contributed by atoms with Gasteiger partial charge >= 0.3 is 6.61 Å². The molecule has 0 aromatic heterocycles. The van der Waals surface area contributed by atoms with Crippen molar-refractivity contribution in [3.05, 3.63) is 59.2 Å². The molecule has 0 bridgehead atoms. The summed E-state index contributed by atoms with van der Waals surface area (Å²) in [5.41, 5.74) is 3.59. The Balaban J connectivity index is 1.94. The number of para-hydroxylation sites is 1. The van der Waals surface area contributed by atoms with Crippen molar-refractivity contribution in [2.45, 2.75) is 46.1 Å². The van der Waals surface area contributed by atoms with E-state index < -0.39 is 6.61 Å². The zero-order valence-corrected chi connectivity index (χ0v) is 17.0. The molecule has 0 fully saturated rings. The number of carbonyl (C=O) groups excluding carboxylic acids is 1. The van der Waals surface area contributed by atoms with Crippen LogP contribution in [-0.2, 0) is 9.63 Å². The first-order valence-corrected chi connectivity index (χ1v) is 9.40. The van der Waals surface area contributed by atoms with Crippen molar-refractivity contribution in [3.63, 3.8) is 0 Å². The van der Waals surface area contributed by atoms with E-state index in [9.17, 15) is 13.6 Å². The van der Waals surface area contributed by atoms with Crippen molar-refractivity contribution >= 4 is 17.8 Å². The molecule has 5 nitrogen and oxygen atoms in total. The van der Waals surface area contributed by atoms with E-state index in [0.29, 0.717) is 5.56 Å². The minimum absolute atomic E-state index is 0.0576. The number of rotatable bonds is 9. The Bertz CT molecular complexity index is 808. The van der Waals surface area contributed by atoms with Gasteiger partial charge in [-0.1, -0.05) is 51.0 Å². The fourth-order valence-corrected chi connectivity index (χ4v) is 2.80. The number of carbonyl (C=O) groups is 1. The van der Waals surface area contributed by atoms with Gasteiger partial charge in [-0.25, -0.2) is 0 Å². The first-order chi connectivity index (χ1) is 13.8. The topological polar surface area (TPSA) is 59.9 Å². The van der Waals surface area contributed by atoms with Crippen LogP contribution in [0.15, 0.2) is 47.6 Å². The molecule has 0 atom stereocenters. The van der Waals surface area contributed by atoms with E-state index in [-0.39, 0.29) is 30.1 Å². The molecule has 0 aliphatic carbocycles. The fourth-order valence-electron chi connectivity index (χ4n) is 2.80. The Morgan fingerprint density at radius 1 is 1.03 bits per heavy atom. The second-order valence-electron chi connectivity index (χ2n) is 7.12. The van der Waals surface area contributed by atoms with Gasteiger partial charge in [-0.3, -0.25) is 4.79 Å². The SMILES string of the molecule is CC(C)c1cccc(C(C)C)c1NC(=O)CO/N=C\c1ccc(OC(F)F)cc1. The summed E-state index contributed by atoms with van der Waals surface area (Å²) >= 11 is 0. The fraction of sp³-hybridized carbons (Fsp3) is 0.364. The van der Waals surface area contributed by atoms with Crippen molar-refractivity contribution < 1.29 is 23.1 Å². The third-order valence-corrected chi connectivity index (χ3v) is 4.21. The summed E-state index contributed by atoms with van der Waals surface area (Å²) in [6, 6.07) is 11.9. The molecule has 2 aromatic rings. The van der Waals surface area contributed by atoms with E-state index in [0.717, 1.165) is 16.8 Å². The smallest absolute Gasteiger partial charge is 0.387 e. The quantitative estimate of drug-likeness (QED) is 0.442. The highest BCUT2D eigenvalue weighted by Gasteiger charge is 2.16. The van der Waals surface area contributed by atoms with Gasteiger partial charge in [-0.05, 0) is 52.8 Å². The number of nitrogens with one attached hydrogen (secondary N) is 1. The van der Waals surface area contributed by atoms with Gasteiger partial charge in [0.25, 0.3) is 5.91 Å². The molecular weight excluding hydrogens is 378 g/mol. The molecule has 1 N–H and O–H groups in total. The van der Waals surface area contributed by atoms with Crippen LogP contribution in [0.5, 0.6) is 5.75 Å². The van der Waals surface area contributed by atoms with Gasteiger partial charge in [-0.2, -0.15) is 8.78 Å². The lowest BCUT2D eigenvalue weighted by molar-refractivity contribution is -0.120. The van der Waals surface area contributed by atoms with Crippen molar-refractivity contribution in [3.8, 4) is 5.75 Å². The van der Waals surface area contributed by atoms with Crippen LogP contribution < -0.4 is 10.1 Å². The first-order valence-electron chi connectivity index (χ1n) is 9.40. The lowest BCUT2D eigenvalue weighted by Crippen LogP contribution is -2.19. The average molecular weight is 404 g/mol. The molecule has 0 saturated heterocycles. The summed E-state index contributed by atoms with van der Waals surface area (Å²) in [5.74, 6) is 0.278. The Labute approximate surface area is 169 Å². The van der Waals surface area contributed by atoms with Crippen LogP contribution in [0.4, 0.5) is 14.5 Å². The van der Waals surface area contributed by atoms with Gasteiger partial charge in [0, 0.05) is 5.69 Å². The maximum Gasteiger partial charge on any atom is 0.387 e. The average Bonchev–Trinajstić information content (AvgIpc) is 2.65. The second kappa shape index (κ2) is 10.5. The van der Waals surface area contributed by atoms with Crippen LogP contribution in [0, 0.1) is 0 Å². The van der Waals surface area contributed by atoms with Gasteiger partial charge in [0.2, 0.25) is 0 Å². The normalized spacial score (nSPS) is 11.5. The van der Waals surface area contributed by atoms with Gasteiger partial charge in [-0.15, -0.1) is 0 Å². The molecule has 1 amide bonds. The Hall–Kier alpha value is -2.96. The third-order valence-electron chi connectivity index (χ3n) is 4.21. The minimum Gasteiger partial charge on any atom is -0.435 e. The summed E-state index contributed by atoms with van der Waals surface area (Å²) in [6.45, 7) is 5.20. The minimum atomic E-state index is -2.87. The van der Waals surface area contributed by atoms with E-state index in [4.69, 9.17) is 4.84 Å². The number of anilines is 1. The lowest BCUT2D eigenvalue weighted by Gasteiger charge is -2.19. The lowest BCUT2D eigenvalue weighted by atomic mass is 9.92. The largest absolute Gasteiger partial charge is 0.435 e. The van der Waals surface area contributed by atoms with Crippen molar-refractivity contribution in [1.82, 2.24) is 0 Å². The van der Waals surface area contributed by atoms with Crippen LogP contribution in [0.25, 0.3) is 0 Å².